The monoisotopic (exact) mass is 560 g/mol. The number of aliphatic hydroxyl groups excluding tert-OH is 1. The van der Waals surface area contributed by atoms with Crippen molar-refractivity contribution < 1.29 is 18.6 Å². The van der Waals surface area contributed by atoms with Gasteiger partial charge in [0, 0.05) is 29.3 Å². The summed E-state index contributed by atoms with van der Waals surface area (Å²) in [7, 11) is -3.31. The van der Waals surface area contributed by atoms with Gasteiger partial charge in [0.15, 0.2) is 5.72 Å². The van der Waals surface area contributed by atoms with Crippen LogP contribution in [0.25, 0.3) is 20.8 Å². The van der Waals surface area contributed by atoms with Gasteiger partial charge < -0.3 is 20.8 Å². The number of hydrogen-bond donors (Lipinski definition) is 4. The molecule has 3 unspecified atom stereocenters. The van der Waals surface area contributed by atoms with Gasteiger partial charge in [-0.1, -0.05) is 6.92 Å². The normalized spacial score (nSPS) is 24.2. The third-order valence-corrected chi connectivity index (χ3v) is 10.0. The Morgan fingerprint density at radius 2 is 1.92 bits per heavy atom. The van der Waals surface area contributed by atoms with Crippen LogP contribution >= 0.6 is 11.3 Å². The average Bonchev–Trinajstić information content (AvgIpc) is 3.52. The Balaban J connectivity index is 1.56. The topological polar surface area (TPSA) is 150 Å². The first-order valence-electron chi connectivity index (χ1n) is 13.1. The highest BCUT2D eigenvalue weighted by atomic mass is 32.2. The van der Waals surface area contributed by atoms with Crippen LogP contribution in [0.4, 0.5) is 11.8 Å². The van der Waals surface area contributed by atoms with Crippen LogP contribution in [0, 0.1) is 12.8 Å². The number of sulfone groups is 1. The van der Waals surface area contributed by atoms with Crippen molar-refractivity contribution in [2.75, 3.05) is 22.1 Å². The van der Waals surface area contributed by atoms with E-state index in [4.69, 9.17) is 15.0 Å². The molecule has 3 aromatic rings. The van der Waals surface area contributed by atoms with Crippen molar-refractivity contribution in [3.8, 4) is 10.6 Å². The first kappa shape index (κ1) is 27.2. The molecule has 206 valence electrons. The number of nitrogens with one attached hydrogen (secondary N) is 2. The molecule has 38 heavy (non-hydrogen) atoms. The highest BCUT2D eigenvalue weighted by Gasteiger charge is 2.48. The van der Waals surface area contributed by atoms with Gasteiger partial charge in [-0.3, -0.25) is 4.98 Å². The second kappa shape index (κ2) is 9.65. The van der Waals surface area contributed by atoms with Gasteiger partial charge in [-0.15, -0.1) is 11.3 Å². The number of fused-ring (bicyclic) bond motifs is 1. The van der Waals surface area contributed by atoms with Crippen LogP contribution in [0.15, 0.2) is 12.3 Å². The number of aliphatic hydroxyl groups is 2. The lowest BCUT2D eigenvalue weighted by atomic mass is 10.0. The molecule has 3 aromatic heterocycles. The van der Waals surface area contributed by atoms with Gasteiger partial charge >= 0.3 is 0 Å². The summed E-state index contributed by atoms with van der Waals surface area (Å²) in [6.45, 7) is 9.45. The van der Waals surface area contributed by atoms with E-state index < -0.39 is 27.6 Å². The van der Waals surface area contributed by atoms with Gasteiger partial charge in [0.25, 0.3) is 0 Å². The summed E-state index contributed by atoms with van der Waals surface area (Å²) in [5, 5.41) is 29.7. The maximum Gasteiger partial charge on any atom is 0.225 e. The summed E-state index contributed by atoms with van der Waals surface area (Å²) in [5.74, 6) is 0.400. The molecule has 0 saturated heterocycles. The number of nitrogens with zero attached hydrogens (tertiary/aromatic N) is 4. The molecule has 0 amide bonds. The molecule has 12 heteroatoms. The van der Waals surface area contributed by atoms with E-state index in [0.29, 0.717) is 40.4 Å². The second-order valence-corrected chi connectivity index (χ2v) is 15.0. The van der Waals surface area contributed by atoms with Crippen LogP contribution in [0.1, 0.15) is 70.7 Å². The molecular formula is C26H36N6O4S2. The van der Waals surface area contributed by atoms with E-state index in [1.165, 1.54) is 11.3 Å². The zero-order chi connectivity index (χ0) is 27.5. The first-order valence-corrected chi connectivity index (χ1v) is 15.7. The third kappa shape index (κ3) is 5.49. The average molecular weight is 561 g/mol. The molecule has 2 saturated carbocycles. The quantitative estimate of drug-likeness (QED) is 0.299. The van der Waals surface area contributed by atoms with E-state index in [2.05, 4.69) is 15.6 Å². The Kier molecular flexibility index (Phi) is 6.90. The summed E-state index contributed by atoms with van der Waals surface area (Å²) in [6.07, 6.45) is 3.30. The SMILES string of the molecule is CCS(=O)(=O)CC1CCC(O)(Nc2nc(NC(C)(C)C)nc(C)c2-c2nc3c(C4CC4)nccc3s2)C1O. The molecule has 2 aliphatic rings. The van der Waals surface area contributed by atoms with E-state index in [1.807, 2.05) is 40.0 Å². The highest BCUT2D eigenvalue weighted by molar-refractivity contribution is 7.91. The van der Waals surface area contributed by atoms with Crippen LogP contribution in [-0.4, -0.2) is 67.4 Å². The van der Waals surface area contributed by atoms with Crippen molar-refractivity contribution in [1.29, 1.82) is 0 Å². The van der Waals surface area contributed by atoms with Crippen LogP contribution in [-0.2, 0) is 9.84 Å². The number of aryl methyl sites for hydroxylation is 1. The molecule has 0 aliphatic heterocycles. The van der Waals surface area contributed by atoms with E-state index in [1.54, 1.807) is 6.92 Å². The van der Waals surface area contributed by atoms with Crippen LogP contribution in [0.5, 0.6) is 0 Å². The molecule has 2 aliphatic carbocycles. The highest BCUT2D eigenvalue weighted by Crippen LogP contribution is 2.45. The van der Waals surface area contributed by atoms with Gasteiger partial charge in [-0.2, -0.15) is 4.98 Å². The number of thiazole rings is 1. The maximum atomic E-state index is 12.2. The molecule has 0 radical (unpaired) electrons. The minimum atomic E-state index is -3.31. The van der Waals surface area contributed by atoms with E-state index in [-0.39, 0.29) is 23.5 Å². The Hall–Kier alpha value is -2.41. The van der Waals surface area contributed by atoms with E-state index in [0.717, 1.165) is 28.8 Å². The minimum absolute atomic E-state index is 0.00548. The van der Waals surface area contributed by atoms with Crippen molar-refractivity contribution in [1.82, 2.24) is 19.9 Å². The zero-order valence-electron chi connectivity index (χ0n) is 22.4. The largest absolute Gasteiger partial charge is 0.388 e. The molecule has 5 rings (SSSR count). The molecule has 2 fully saturated rings. The van der Waals surface area contributed by atoms with Crippen molar-refractivity contribution in [3.63, 3.8) is 0 Å². The Morgan fingerprint density at radius 3 is 2.58 bits per heavy atom. The van der Waals surface area contributed by atoms with Gasteiger partial charge in [0.2, 0.25) is 5.95 Å². The molecule has 3 heterocycles. The second-order valence-electron chi connectivity index (χ2n) is 11.6. The molecule has 10 nitrogen and oxygen atoms in total. The van der Waals surface area contributed by atoms with Gasteiger partial charge in [0.1, 0.15) is 32.3 Å². The van der Waals surface area contributed by atoms with Crippen LogP contribution in [0.2, 0.25) is 0 Å². The third-order valence-electron chi connectivity index (χ3n) is 7.16. The lowest BCUT2D eigenvalue weighted by Gasteiger charge is -2.31. The number of rotatable bonds is 8. The van der Waals surface area contributed by atoms with Crippen molar-refractivity contribution >= 4 is 43.2 Å². The predicted octanol–water partition coefficient (Wildman–Crippen LogP) is 3.85. The maximum absolute atomic E-state index is 12.2. The number of aromatic nitrogens is 4. The Labute approximate surface area is 227 Å². The summed E-state index contributed by atoms with van der Waals surface area (Å²) >= 11 is 1.51. The standard InChI is InChI=1S/C26H36N6O4S2/c1-6-38(35,36)13-16-9-11-26(34,21(16)33)31-22-18(14(2)28-24(30-22)32-25(3,4)5)23-29-20-17(37-23)10-12-27-19(20)15-7-8-15/h10,12,15-16,21,33-34H,6-9,11,13H2,1-5H3,(H2,28,30,31,32). The van der Waals surface area contributed by atoms with Gasteiger partial charge in [-0.05, 0) is 59.4 Å². The Morgan fingerprint density at radius 1 is 1.18 bits per heavy atom. The van der Waals surface area contributed by atoms with Crippen molar-refractivity contribution in [3.05, 3.63) is 23.7 Å². The minimum Gasteiger partial charge on any atom is -0.388 e. The van der Waals surface area contributed by atoms with E-state index >= 15 is 0 Å². The predicted molar refractivity (Wildman–Crippen MR) is 150 cm³/mol. The number of anilines is 2. The molecule has 0 aromatic carbocycles. The lowest BCUT2D eigenvalue weighted by Crippen LogP contribution is -2.48. The fraction of sp³-hybridized carbons (Fsp3) is 0.615. The van der Waals surface area contributed by atoms with Crippen molar-refractivity contribution in [2.24, 2.45) is 5.92 Å². The zero-order valence-corrected chi connectivity index (χ0v) is 24.1. The fourth-order valence-electron chi connectivity index (χ4n) is 5.01. The molecule has 0 spiro atoms. The molecule has 0 bridgehead atoms. The van der Waals surface area contributed by atoms with Gasteiger partial charge in [0.05, 0.1) is 27.4 Å². The van der Waals surface area contributed by atoms with Crippen LogP contribution in [0.3, 0.4) is 0 Å². The Bertz CT molecular complexity index is 1460. The number of hydrogen-bond acceptors (Lipinski definition) is 11. The smallest absolute Gasteiger partial charge is 0.225 e. The molecular weight excluding hydrogens is 524 g/mol. The summed E-state index contributed by atoms with van der Waals surface area (Å²) in [6, 6.07) is 1.95. The first-order chi connectivity index (χ1) is 17.8. The fourth-order valence-corrected chi connectivity index (χ4v) is 7.31. The summed E-state index contributed by atoms with van der Waals surface area (Å²) in [4.78, 5) is 19.0. The van der Waals surface area contributed by atoms with Crippen LogP contribution < -0.4 is 10.6 Å². The summed E-state index contributed by atoms with van der Waals surface area (Å²) in [5.41, 5.74) is 1.12. The summed E-state index contributed by atoms with van der Waals surface area (Å²) < 4.78 is 25.5. The lowest BCUT2D eigenvalue weighted by molar-refractivity contribution is -0.0442. The molecule has 4 N–H and O–H groups in total. The van der Waals surface area contributed by atoms with Crippen molar-refractivity contribution in [2.45, 2.75) is 83.6 Å². The number of pyridine rings is 1. The van der Waals surface area contributed by atoms with E-state index in [9.17, 15) is 18.6 Å². The van der Waals surface area contributed by atoms with Gasteiger partial charge in [-0.25, -0.2) is 18.4 Å². The molecule has 3 atom stereocenters.